The van der Waals surface area contributed by atoms with Gasteiger partial charge in [0.2, 0.25) is 5.43 Å². The number of rotatable bonds is 6. The molecule has 126 valence electrons. The highest BCUT2D eigenvalue weighted by molar-refractivity contribution is 5.92. The van der Waals surface area contributed by atoms with Crippen LogP contribution >= 0.6 is 0 Å². The molecule has 3 N–H and O–H groups in total. The van der Waals surface area contributed by atoms with E-state index in [0.29, 0.717) is 25.2 Å². The largest absolute Gasteiger partial charge is 0.350 e. The first kappa shape index (κ1) is 17.3. The highest BCUT2D eigenvalue weighted by Gasteiger charge is 2.19. The van der Waals surface area contributed by atoms with Crippen molar-refractivity contribution in [2.75, 3.05) is 13.1 Å². The Hall–Kier alpha value is -3.07. The SMILES string of the molecule is Cc1cc(=O)c(C(=O)NCCCN)nn1-c1ccccc1[N+](=O)[O-]. The molecule has 1 amide bonds. The van der Waals surface area contributed by atoms with Gasteiger partial charge < -0.3 is 11.1 Å². The number of nitrogens with zero attached hydrogens (tertiary/aromatic N) is 3. The van der Waals surface area contributed by atoms with Crippen molar-refractivity contribution in [1.82, 2.24) is 15.1 Å². The molecule has 0 aliphatic heterocycles. The predicted molar refractivity (Wildman–Crippen MR) is 87.2 cm³/mol. The van der Waals surface area contributed by atoms with Crippen LogP contribution in [0.5, 0.6) is 0 Å². The Bertz CT molecular complexity index is 831. The highest BCUT2D eigenvalue weighted by atomic mass is 16.6. The first-order chi connectivity index (χ1) is 11.5. The average Bonchev–Trinajstić information content (AvgIpc) is 2.55. The van der Waals surface area contributed by atoms with Crippen LogP contribution in [-0.2, 0) is 0 Å². The average molecular weight is 331 g/mol. The quantitative estimate of drug-likeness (QED) is 0.450. The summed E-state index contributed by atoms with van der Waals surface area (Å²) in [5, 5.41) is 17.7. The minimum absolute atomic E-state index is 0.175. The number of aromatic nitrogens is 2. The van der Waals surface area contributed by atoms with E-state index in [9.17, 15) is 19.7 Å². The zero-order valence-corrected chi connectivity index (χ0v) is 13.1. The van der Waals surface area contributed by atoms with Crippen molar-refractivity contribution in [3.8, 4) is 5.69 Å². The van der Waals surface area contributed by atoms with E-state index in [2.05, 4.69) is 10.4 Å². The number of aryl methyl sites for hydroxylation is 1. The molecular weight excluding hydrogens is 314 g/mol. The summed E-state index contributed by atoms with van der Waals surface area (Å²) in [5.41, 5.74) is 4.86. The molecule has 24 heavy (non-hydrogen) atoms. The standard InChI is InChI=1S/C15H17N5O4/c1-10-9-13(21)14(15(22)17-8-4-7-16)18-19(10)11-5-2-3-6-12(11)20(23)24/h2-3,5-6,9H,4,7-8,16H2,1H3,(H,17,22). The molecule has 0 unspecified atom stereocenters. The smallest absolute Gasteiger partial charge is 0.294 e. The van der Waals surface area contributed by atoms with Crippen LogP contribution in [0.3, 0.4) is 0 Å². The van der Waals surface area contributed by atoms with Crippen molar-refractivity contribution in [2.45, 2.75) is 13.3 Å². The number of carbonyl (C=O) groups is 1. The summed E-state index contributed by atoms with van der Waals surface area (Å²) >= 11 is 0. The van der Waals surface area contributed by atoms with E-state index in [1.165, 1.54) is 28.9 Å². The van der Waals surface area contributed by atoms with Gasteiger partial charge in [-0.05, 0) is 26.0 Å². The fraction of sp³-hybridized carbons (Fsp3) is 0.267. The molecule has 9 nitrogen and oxygen atoms in total. The molecule has 0 fully saturated rings. The van der Waals surface area contributed by atoms with E-state index in [1.54, 1.807) is 13.0 Å². The molecule has 2 rings (SSSR count). The highest BCUT2D eigenvalue weighted by Crippen LogP contribution is 2.22. The van der Waals surface area contributed by atoms with Gasteiger partial charge in [-0.2, -0.15) is 5.10 Å². The van der Waals surface area contributed by atoms with E-state index >= 15 is 0 Å². The maximum absolute atomic E-state index is 12.1. The second kappa shape index (κ2) is 7.47. The number of nitrogens with one attached hydrogen (secondary N) is 1. The fourth-order valence-corrected chi connectivity index (χ4v) is 2.13. The van der Waals surface area contributed by atoms with Gasteiger partial charge >= 0.3 is 0 Å². The molecule has 9 heteroatoms. The van der Waals surface area contributed by atoms with Crippen LogP contribution in [-0.4, -0.2) is 33.7 Å². The molecule has 1 aromatic heterocycles. The summed E-state index contributed by atoms with van der Waals surface area (Å²) in [4.78, 5) is 34.7. The van der Waals surface area contributed by atoms with Crippen molar-refractivity contribution < 1.29 is 9.72 Å². The number of nitro groups is 1. The third-order valence-electron chi connectivity index (χ3n) is 3.30. The predicted octanol–water partition coefficient (Wildman–Crippen LogP) is 0.528. The first-order valence-electron chi connectivity index (χ1n) is 7.28. The third kappa shape index (κ3) is 3.63. The lowest BCUT2D eigenvalue weighted by atomic mass is 10.2. The number of amides is 1. The lowest BCUT2D eigenvalue weighted by molar-refractivity contribution is -0.384. The van der Waals surface area contributed by atoms with Gasteiger partial charge in [0.1, 0.15) is 5.69 Å². The van der Waals surface area contributed by atoms with Gasteiger partial charge in [-0.15, -0.1) is 0 Å². The summed E-state index contributed by atoms with van der Waals surface area (Å²) in [7, 11) is 0. The summed E-state index contributed by atoms with van der Waals surface area (Å²) in [5.74, 6) is -0.638. The normalized spacial score (nSPS) is 10.4. The van der Waals surface area contributed by atoms with E-state index in [0.717, 1.165) is 0 Å². The van der Waals surface area contributed by atoms with E-state index in [4.69, 9.17) is 5.73 Å². The van der Waals surface area contributed by atoms with Gasteiger partial charge in [0, 0.05) is 24.4 Å². The summed E-state index contributed by atoms with van der Waals surface area (Å²) in [6.07, 6.45) is 0.565. The Morgan fingerprint density at radius 2 is 2.12 bits per heavy atom. The van der Waals surface area contributed by atoms with E-state index in [1.807, 2.05) is 0 Å². The van der Waals surface area contributed by atoms with Gasteiger partial charge in [-0.1, -0.05) is 12.1 Å². The second-order valence-electron chi connectivity index (χ2n) is 5.05. The minimum atomic E-state index is -0.638. The van der Waals surface area contributed by atoms with Gasteiger partial charge in [-0.25, -0.2) is 4.68 Å². The van der Waals surface area contributed by atoms with Crippen molar-refractivity contribution in [3.63, 3.8) is 0 Å². The first-order valence-corrected chi connectivity index (χ1v) is 7.28. The lowest BCUT2D eigenvalue weighted by Crippen LogP contribution is -2.33. The maximum Gasteiger partial charge on any atom is 0.294 e. The Morgan fingerprint density at radius 1 is 1.42 bits per heavy atom. The molecular formula is C15H17N5O4. The molecule has 0 bridgehead atoms. The molecule has 0 aliphatic carbocycles. The number of benzene rings is 1. The lowest BCUT2D eigenvalue weighted by Gasteiger charge is -2.11. The molecule has 0 radical (unpaired) electrons. The number of carbonyl (C=O) groups excluding carboxylic acids is 1. The molecule has 0 spiro atoms. The summed E-state index contributed by atoms with van der Waals surface area (Å²) in [6.45, 7) is 2.30. The molecule has 1 heterocycles. The Morgan fingerprint density at radius 3 is 2.79 bits per heavy atom. The van der Waals surface area contributed by atoms with Crippen LogP contribution < -0.4 is 16.5 Å². The topological polar surface area (TPSA) is 133 Å². The van der Waals surface area contributed by atoms with Crippen LogP contribution in [0, 0.1) is 17.0 Å². The third-order valence-corrected chi connectivity index (χ3v) is 3.30. The number of hydrogen-bond donors (Lipinski definition) is 2. The summed E-state index contributed by atoms with van der Waals surface area (Å²) < 4.78 is 1.22. The van der Waals surface area contributed by atoms with Crippen molar-refractivity contribution in [3.05, 3.63) is 62.1 Å². The van der Waals surface area contributed by atoms with E-state index < -0.39 is 16.3 Å². The Kier molecular flexibility index (Phi) is 5.38. The van der Waals surface area contributed by atoms with Crippen molar-refractivity contribution in [2.24, 2.45) is 5.73 Å². The van der Waals surface area contributed by atoms with Crippen LogP contribution in [0.25, 0.3) is 5.69 Å². The van der Waals surface area contributed by atoms with Crippen LogP contribution in [0.15, 0.2) is 35.1 Å². The van der Waals surface area contributed by atoms with Crippen LogP contribution in [0.1, 0.15) is 22.6 Å². The maximum atomic E-state index is 12.1. The number of nitrogens with two attached hydrogens (primary N) is 1. The second-order valence-corrected chi connectivity index (χ2v) is 5.05. The minimum Gasteiger partial charge on any atom is -0.350 e. The van der Waals surface area contributed by atoms with Crippen molar-refractivity contribution >= 4 is 11.6 Å². The number of para-hydroxylation sites is 2. The molecule has 0 saturated heterocycles. The molecule has 0 aliphatic rings. The van der Waals surface area contributed by atoms with Gasteiger partial charge in [0.15, 0.2) is 5.69 Å². The van der Waals surface area contributed by atoms with Gasteiger partial charge in [0.05, 0.1) is 4.92 Å². The van der Waals surface area contributed by atoms with Gasteiger partial charge in [-0.3, -0.25) is 19.7 Å². The summed E-state index contributed by atoms with van der Waals surface area (Å²) in [6, 6.07) is 7.19. The zero-order chi connectivity index (χ0) is 17.7. The van der Waals surface area contributed by atoms with Gasteiger partial charge in [0.25, 0.3) is 11.6 Å². The molecule has 0 atom stereocenters. The molecule has 0 saturated carbocycles. The molecule has 2 aromatic rings. The molecule has 1 aromatic carbocycles. The van der Waals surface area contributed by atoms with Crippen LogP contribution in [0.4, 0.5) is 5.69 Å². The monoisotopic (exact) mass is 331 g/mol. The number of nitro benzene ring substituents is 1. The Labute approximate surface area is 137 Å². The number of hydrogen-bond acceptors (Lipinski definition) is 6. The zero-order valence-electron chi connectivity index (χ0n) is 13.1. The fourth-order valence-electron chi connectivity index (χ4n) is 2.13. The van der Waals surface area contributed by atoms with Crippen molar-refractivity contribution in [1.29, 1.82) is 0 Å². The van der Waals surface area contributed by atoms with Crippen LogP contribution in [0.2, 0.25) is 0 Å². The van der Waals surface area contributed by atoms with E-state index in [-0.39, 0.29) is 17.1 Å². The Balaban J connectivity index is 2.50.